The average molecular weight is 524 g/mol. The predicted molar refractivity (Wildman–Crippen MR) is 126 cm³/mol. The maximum Gasteiger partial charge on any atom is 0.191 e. The molecule has 1 heterocycles. The minimum absolute atomic E-state index is 0. The van der Waals surface area contributed by atoms with E-state index in [1.165, 1.54) is 0 Å². The van der Waals surface area contributed by atoms with Gasteiger partial charge in [0, 0.05) is 31.0 Å². The van der Waals surface area contributed by atoms with Gasteiger partial charge < -0.3 is 20.3 Å². The number of halogens is 2. The van der Waals surface area contributed by atoms with Crippen molar-refractivity contribution >= 4 is 58.0 Å². The van der Waals surface area contributed by atoms with Crippen LogP contribution in [-0.2, 0) is 6.54 Å². The fourth-order valence-electron chi connectivity index (χ4n) is 2.13. The van der Waals surface area contributed by atoms with Crippen LogP contribution in [0.15, 0.2) is 34.6 Å². The Kier molecular flexibility index (Phi) is 10.8. The summed E-state index contributed by atoms with van der Waals surface area (Å²) in [6.45, 7) is 5.98. The van der Waals surface area contributed by atoms with Crippen molar-refractivity contribution in [1.82, 2.24) is 15.6 Å². The standard InChI is InChI=1S/C18H26ClN5OS.HI/c1-5-20-17(22-11-15-12-26-18(23-15)24(3)4)21-10-13(2)25-16-8-6-7-14(19)9-16;/h6-9,12-13H,5,10-11H2,1-4H3,(H2,20,21,22);1H. The van der Waals surface area contributed by atoms with Gasteiger partial charge in [-0.3, -0.25) is 0 Å². The Morgan fingerprint density at radius 1 is 1.37 bits per heavy atom. The summed E-state index contributed by atoms with van der Waals surface area (Å²) >= 11 is 7.60. The summed E-state index contributed by atoms with van der Waals surface area (Å²) < 4.78 is 5.87. The number of nitrogens with zero attached hydrogens (tertiary/aromatic N) is 3. The molecule has 0 fully saturated rings. The van der Waals surface area contributed by atoms with Gasteiger partial charge in [-0.2, -0.15) is 0 Å². The van der Waals surface area contributed by atoms with Crippen LogP contribution < -0.4 is 20.3 Å². The molecule has 2 aromatic rings. The molecule has 1 aromatic heterocycles. The van der Waals surface area contributed by atoms with E-state index in [1.807, 2.05) is 62.5 Å². The van der Waals surface area contributed by atoms with Crippen molar-refractivity contribution in [3.8, 4) is 5.75 Å². The molecule has 0 aliphatic carbocycles. The lowest BCUT2D eigenvalue weighted by molar-refractivity contribution is 0.224. The molecule has 0 spiro atoms. The lowest BCUT2D eigenvalue weighted by Gasteiger charge is -2.17. The molecule has 9 heteroatoms. The Morgan fingerprint density at radius 3 is 2.78 bits per heavy atom. The molecule has 150 valence electrons. The number of thiazole rings is 1. The van der Waals surface area contributed by atoms with E-state index in [0.29, 0.717) is 18.1 Å². The fourth-order valence-corrected chi connectivity index (χ4v) is 3.06. The third-order valence-electron chi connectivity index (χ3n) is 3.36. The molecule has 0 saturated carbocycles. The van der Waals surface area contributed by atoms with Gasteiger partial charge in [0.1, 0.15) is 11.9 Å². The Morgan fingerprint density at radius 2 is 2.15 bits per heavy atom. The van der Waals surface area contributed by atoms with Crippen LogP contribution in [0.4, 0.5) is 5.13 Å². The highest BCUT2D eigenvalue weighted by molar-refractivity contribution is 14.0. The van der Waals surface area contributed by atoms with Crippen molar-refractivity contribution in [2.24, 2.45) is 4.99 Å². The van der Waals surface area contributed by atoms with Crippen LogP contribution >= 0.6 is 46.9 Å². The Bertz CT molecular complexity index is 725. The average Bonchev–Trinajstić information content (AvgIpc) is 3.07. The van der Waals surface area contributed by atoms with E-state index in [9.17, 15) is 0 Å². The molecule has 2 N–H and O–H groups in total. The normalized spacial score (nSPS) is 12.1. The van der Waals surface area contributed by atoms with Gasteiger partial charge in [-0.1, -0.05) is 17.7 Å². The van der Waals surface area contributed by atoms with E-state index < -0.39 is 0 Å². The first kappa shape index (κ1) is 23.8. The van der Waals surface area contributed by atoms with Crippen LogP contribution in [0.2, 0.25) is 5.02 Å². The Labute approximate surface area is 187 Å². The number of aromatic nitrogens is 1. The van der Waals surface area contributed by atoms with Gasteiger partial charge >= 0.3 is 0 Å². The fraction of sp³-hybridized carbons (Fsp3) is 0.444. The molecule has 0 saturated heterocycles. The number of anilines is 1. The maximum absolute atomic E-state index is 5.98. The highest BCUT2D eigenvalue weighted by atomic mass is 127. The summed E-state index contributed by atoms with van der Waals surface area (Å²) in [5.74, 6) is 1.50. The van der Waals surface area contributed by atoms with Gasteiger partial charge in [-0.15, -0.1) is 35.3 Å². The number of aliphatic imine (C=N–C) groups is 1. The first-order valence-electron chi connectivity index (χ1n) is 8.54. The molecule has 0 aliphatic heterocycles. The summed E-state index contributed by atoms with van der Waals surface area (Å²) in [6, 6.07) is 7.40. The molecule has 1 unspecified atom stereocenters. The van der Waals surface area contributed by atoms with Crippen molar-refractivity contribution in [1.29, 1.82) is 0 Å². The second-order valence-corrected chi connectivity index (χ2v) is 7.25. The molecule has 0 radical (unpaired) electrons. The molecule has 2 rings (SSSR count). The van der Waals surface area contributed by atoms with Crippen LogP contribution in [0.25, 0.3) is 0 Å². The minimum Gasteiger partial charge on any atom is -0.489 e. The van der Waals surface area contributed by atoms with Crippen LogP contribution in [-0.4, -0.2) is 44.2 Å². The molecule has 1 atom stereocenters. The van der Waals surface area contributed by atoms with E-state index in [4.69, 9.17) is 16.3 Å². The molecular weight excluding hydrogens is 497 g/mol. The Hall–Kier alpha value is -1.26. The first-order valence-corrected chi connectivity index (χ1v) is 9.79. The predicted octanol–water partition coefficient (Wildman–Crippen LogP) is 4.00. The van der Waals surface area contributed by atoms with E-state index in [1.54, 1.807) is 11.3 Å². The van der Waals surface area contributed by atoms with Gasteiger partial charge in [0.2, 0.25) is 0 Å². The third kappa shape index (κ3) is 8.52. The monoisotopic (exact) mass is 523 g/mol. The zero-order valence-electron chi connectivity index (χ0n) is 16.0. The van der Waals surface area contributed by atoms with Crippen molar-refractivity contribution in [2.45, 2.75) is 26.5 Å². The zero-order chi connectivity index (χ0) is 18.9. The lowest BCUT2D eigenvalue weighted by Crippen LogP contribution is -2.41. The molecule has 27 heavy (non-hydrogen) atoms. The van der Waals surface area contributed by atoms with Crippen LogP contribution in [0.3, 0.4) is 0 Å². The zero-order valence-corrected chi connectivity index (χ0v) is 19.9. The van der Waals surface area contributed by atoms with Crippen molar-refractivity contribution in [3.05, 3.63) is 40.4 Å². The minimum atomic E-state index is -0.0306. The number of hydrogen-bond donors (Lipinski definition) is 2. The summed E-state index contributed by atoms with van der Waals surface area (Å²) in [7, 11) is 3.97. The number of benzene rings is 1. The highest BCUT2D eigenvalue weighted by Gasteiger charge is 2.07. The van der Waals surface area contributed by atoms with E-state index >= 15 is 0 Å². The van der Waals surface area contributed by atoms with Crippen LogP contribution in [0.5, 0.6) is 5.75 Å². The van der Waals surface area contributed by atoms with E-state index in [0.717, 1.165) is 29.1 Å². The van der Waals surface area contributed by atoms with Gasteiger partial charge in [-0.05, 0) is 32.0 Å². The molecule has 0 aliphatic rings. The largest absolute Gasteiger partial charge is 0.489 e. The summed E-state index contributed by atoms with van der Waals surface area (Å²) in [4.78, 5) is 11.1. The highest BCUT2D eigenvalue weighted by Crippen LogP contribution is 2.19. The molecule has 0 amide bonds. The molecule has 0 bridgehead atoms. The number of rotatable bonds is 8. The number of guanidine groups is 1. The van der Waals surface area contributed by atoms with Crippen LogP contribution in [0.1, 0.15) is 19.5 Å². The lowest BCUT2D eigenvalue weighted by atomic mass is 10.3. The van der Waals surface area contributed by atoms with Gasteiger partial charge in [0.15, 0.2) is 11.1 Å². The summed E-state index contributed by atoms with van der Waals surface area (Å²) in [5, 5.41) is 10.2. The SMILES string of the molecule is CCNC(=NCc1csc(N(C)C)n1)NCC(C)Oc1cccc(Cl)c1.I. The second-order valence-electron chi connectivity index (χ2n) is 5.98. The van der Waals surface area contributed by atoms with Crippen LogP contribution in [0, 0.1) is 0 Å². The Balaban J connectivity index is 0.00000364. The maximum atomic E-state index is 5.98. The van der Waals surface area contributed by atoms with Crippen molar-refractivity contribution < 1.29 is 4.74 Å². The topological polar surface area (TPSA) is 61.8 Å². The van der Waals surface area contributed by atoms with Crippen molar-refractivity contribution in [3.63, 3.8) is 0 Å². The summed E-state index contributed by atoms with van der Waals surface area (Å²) in [6.07, 6.45) is -0.0306. The smallest absolute Gasteiger partial charge is 0.191 e. The molecule has 1 aromatic carbocycles. The third-order valence-corrected chi connectivity index (χ3v) is 4.65. The van der Waals surface area contributed by atoms with E-state index in [2.05, 4.69) is 20.6 Å². The second kappa shape index (κ2) is 12.2. The number of hydrogen-bond acceptors (Lipinski definition) is 5. The first-order chi connectivity index (χ1) is 12.5. The number of ether oxygens (including phenoxy) is 1. The van der Waals surface area contributed by atoms with Gasteiger partial charge in [0.05, 0.1) is 18.8 Å². The van der Waals surface area contributed by atoms with Gasteiger partial charge in [-0.25, -0.2) is 9.98 Å². The van der Waals surface area contributed by atoms with E-state index in [-0.39, 0.29) is 30.1 Å². The summed E-state index contributed by atoms with van der Waals surface area (Å²) in [5.41, 5.74) is 0.958. The number of nitrogens with one attached hydrogen (secondary N) is 2. The molecular formula is C18H27ClIN5OS. The molecule has 6 nitrogen and oxygen atoms in total. The quantitative estimate of drug-likeness (QED) is 0.311. The van der Waals surface area contributed by atoms with Gasteiger partial charge in [0.25, 0.3) is 0 Å². The van der Waals surface area contributed by atoms with Crippen molar-refractivity contribution in [2.75, 3.05) is 32.1 Å².